The Kier molecular flexibility index (Phi) is 4.01. The second-order valence-electron chi connectivity index (χ2n) is 6.11. The first kappa shape index (κ1) is 15.5. The number of rotatable bonds is 3. The number of piperidine rings is 1. The summed E-state index contributed by atoms with van der Waals surface area (Å²) in [5.41, 5.74) is 1.16. The molecule has 0 bridgehead atoms. The Morgan fingerprint density at radius 2 is 2.00 bits per heavy atom. The van der Waals surface area contributed by atoms with Crippen LogP contribution >= 0.6 is 0 Å². The normalized spacial score (nSPS) is 16.7. The van der Waals surface area contributed by atoms with E-state index in [2.05, 4.69) is 20.4 Å². The van der Waals surface area contributed by atoms with Crippen molar-refractivity contribution in [1.29, 1.82) is 0 Å². The molecule has 2 aliphatic heterocycles. The van der Waals surface area contributed by atoms with Crippen molar-refractivity contribution in [2.75, 3.05) is 24.8 Å². The average molecular weight is 342 g/mol. The van der Waals surface area contributed by atoms with Crippen LogP contribution in [0.15, 0.2) is 35.3 Å². The molecule has 25 heavy (non-hydrogen) atoms. The fraction of sp³-hybridized carbons (Fsp3) is 0.353. The maximum atomic E-state index is 12.4. The summed E-state index contributed by atoms with van der Waals surface area (Å²) in [7, 11) is 0. The van der Waals surface area contributed by atoms with Crippen molar-refractivity contribution >= 4 is 11.6 Å². The zero-order chi connectivity index (χ0) is 17.2. The minimum absolute atomic E-state index is 0.101. The van der Waals surface area contributed by atoms with E-state index in [4.69, 9.17) is 9.47 Å². The molecule has 4 rings (SSSR count). The van der Waals surface area contributed by atoms with Gasteiger partial charge in [0.25, 0.3) is 11.5 Å². The van der Waals surface area contributed by atoms with E-state index in [1.807, 2.05) is 0 Å². The summed E-state index contributed by atoms with van der Waals surface area (Å²) in [6.07, 6.45) is 3.26. The summed E-state index contributed by atoms with van der Waals surface area (Å²) in [6.45, 7) is 1.71. The fourth-order valence-electron chi connectivity index (χ4n) is 3.13. The molecule has 0 saturated carbocycles. The van der Waals surface area contributed by atoms with Gasteiger partial charge in [-0.2, -0.15) is 5.10 Å². The van der Waals surface area contributed by atoms with E-state index < -0.39 is 0 Å². The Hall–Kier alpha value is -3.03. The van der Waals surface area contributed by atoms with Gasteiger partial charge in [0.2, 0.25) is 6.79 Å². The van der Waals surface area contributed by atoms with Crippen LogP contribution in [0.3, 0.4) is 0 Å². The Labute approximate surface area is 143 Å². The van der Waals surface area contributed by atoms with Crippen molar-refractivity contribution in [3.8, 4) is 11.5 Å². The SMILES string of the molecule is O=C(NC1CCN(c2cn[nH]c(=O)c2)CC1)c1ccc2c(c1)OCO2. The van der Waals surface area contributed by atoms with Crippen LogP contribution in [0, 0.1) is 0 Å². The van der Waals surface area contributed by atoms with Crippen LogP contribution in [-0.4, -0.2) is 42.0 Å². The Balaban J connectivity index is 1.35. The number of aromatic amines is 1. The predicted molar refractivity (Wildman–Crippen MR) is 90.1 cm³/mol. The number of hydrogen-bond acceptors (Lipinski definition) is 6. The maximum Gasteiger partial charge on any atom is 0.266 e. The smallest absolute Gasteiger partial charge is 0.266 e. The maximum absolute atomic E-state index is 12.4. The molecule has 130 valence electrons. The zero-order valence-corrected chi connectivity index (χ0v) is 13.5. The van der Waals surface area contributed by atoms with Gasteiger partial charge in [-0.15, -0.1) is 0 Å². The van der Waals surface area contributed by atoms with Gasteiger partial charge in [-0.1, -0.05) is 0 Å². The summed E-state index contributed by atoms with van der Waals surface area (Å²) in [4.78, 5) is 25.9. The van der Waals surface area contributed by atoms with Crippen LogP contribution in [0.2, 0.25) is 0 Å². The lowest BCUT2D eigenvalue weighted by Crippen LogP contribution is -2.45. The first-order valence-electron chi connectivity index (χ1n) is 8.19. The second kappa shape index (κ2) is 6.46. The molecule has 1 aromatic carbocycles. The highest BCUT2D eigenvalue weighted by Crippen LogP contribution is 2.32. The van der Waals surface area contributed by atoms with Gasteiger partial charge in [-0.05, 0) is 31.0 Å². The van der Waals surface area contributed by atoms with Crippen LogP contribution in [0.1, 0.15) is 23.2 Å². The number of benzene rings is 1. The van der Waals surface area contributed by atoms with Crippen molar-refractivity contribution in [3.63, 3.8) is 0 Å². The van der Waals surface area contributed by atoms with Crippen molar-refractivity contribution in [2.24, 2.45) is 0 Å². The number of carbonyl (C=O) groups is 1. The number of H-pyrrole nitrogens is 1. The minimum atomic E-state index is -0.212. The van der Waals surface area contributed by atoms with Crippen molar-refractivity contribution in [1.82, 2.24) is 15.5 Å². The lowest BCUT2D eigenvalue weighted by molar-refractivity contribution is 0.0930. The molecule has 0 atom stereocenters. The molecule has 0 radical (unpaired) electrons. The van der Waals surface area contributed by atoms with Gasteiger partial charge in [-0.3, -0.25) is 9.59 Å². The molecule has 0 unspecified atom stereocenters. The van der Waals surface area contributed by atoms with Crippen molar-refractivity contribution in [2.45, 2.75) is 18.9 Å². The number of fused-ring (bicyclic) bond motifs is 1. The topological polar surface area (TPSA) is 96.6 Å². The molecule has 3 heterocycles. The molecule has 2 N–H and O–H groups in total. The molecule has 1 amide bonds. The third kappa shape index (κ3) is 3.28. The summed E-state index contributed by atoms with van der Waals surface area (Å²) in [5, 5.41) is 9.26. The van der Waals surface area contributed by atoms with E-state index in [0.717, 1.165) is 31.6 Å². The summed E-state index contributed by atoms with van der Waals surface area (Å²) in [6, 6.07) is 6.83. The molecule has 0 aliphatic carbocycles. The van der Waals surface area contributed by atoms with Gasteiger partial charge in [0.05, 0.1) is 11.9 Å². The molecule has 1 fully saturated rings. The highest BCUT2D eigenvalue weighted by Gasteiger charge is 2.23. The molecule has 8 heteroatoms. The monoisotopic (exact) mass is 342 g/mol. The Morgan fingerprint density at radius 1 is 1.20 bits per heavy atom. The van der Waals surface area contributed by atoms with Crippen LogP contribution < -0.4 is 25.2 Å². The fourth-order valence-corrected chi connectivity index (χ4v) is 3.13. The summed E-state index contributed by atoms with van der Waals surface area (Å²) < 4.78 is 10.6. The Bertz CT molecular complexity index is 843. The van der Waals surface area contributed by atoms with Crippen LogP contribution in [0.25, 0.3) is 0 Å². The van der Waals surface area contributed by atoms with E-state index in [1.165, 1.54) is 0 Å². The highest BCUT2D eigenvalue weighted by atomic mass is 16.7. The quantitative estimate of drug-likeness (QED) is 0.860. The average Bonchev–Trinajstić information content (AvgIpc) is 3.10. The van der Waals surface area contributed by atoms with Gasteiger partial charge < -0.3 is 19.7 Å². The summed E-state index contributed by atoms with van der Waals surface area (Å²) >= 11 is 0. The number of ether oxygens (including phenoxy) is 2. The van der Waals surface area contributed by atoms with Gasteiger partial charge in [0, 0.05) is 30.8 Å². The second-order valence-corrected chi connectivity index (χ2v) is 6.11. The third-order valence-electron chi connectivity index (χ3n) is 4.48. The molecule has 2 aliphatic rings. The van der Waals surface area contributed by atoms with E-state index >= 15 is 0 Å². The van der Waals surface area contributed by atoms with Crippen LogP contribution in [0.4, 0.5) is 5.69 Å². The third-order valence-corrected chi connectivity index (χ3v) is 4.48. The minimum Gasteiger partial charge on any atom is -0.454 e. The van der Waals surface area contributed by atoms with Gasteiger partial charge in [0.1, 0.15) is 0 Å². The molecular weight excluding hydrogens is 324 g/mol. The number of nitrogens with one attached hydrogen (secondary N) is 2. The molecule has 1 saturated heterocycles. The number of hydrogen-bond donors (Lipinski definition) is 2. The number of nitrogens with zero attached hydrogens (tertiary/aromatic N) is 2. The first-order chi connectivity index (χ1) is 12.2. The van der Waals surface area contributed by atoms with Crippen LogP contribution in [-0.2, 0) is 0 Å². The number of carbonyl (C=O) groups excluding carboxylic acids is 1. The van der Waals surface area contributed by atoms with Gasteiger partial charge in [-0.25, -0.2) is 5.10 Å². The van der Waals surface area contributed by atoms with E-state index in [1.54, 1.807) is 30.5 Å². The largest absolute Gasteiger partial charge is 0.454 e. The molecule has 1 aromatic heterocycles. The van der Waals surface area contributed by atoms with E-state index in [9.17, 15) is 9.59 Å². The molecule has 8 nitrogen and oxygen atoms in total. The number of amides is 1. The van der Waals surface area contributed by atoms with Crippen molar-refractivity contribution in [3.05, 3.63) is 46.4 Å². The first-order valence-corrected chi connectivity index (χ1v) is 8.19. The highest BCUT2D eigenvalue weighted by molar-refractivity contribution is 5.95. The lowest BCUT2D eigenvalue weighted by atomic mass is 10.0. The van der Waals surface area contributed by atoms with E-state index in [-0.39, 0.29) is 24.3 Å². The summed E-state index contributed by atoms with van der Waals surface area (Å²) in [5.74, 6) is 1.15. The standard InChI is InChI=1S/C17H18N4O4/c22-16-8-13(9-18-20-16)21-5-3-12(4-6-21)19-17(23)11-1-2-14-15(7-11)25-10-24-14/h1-2,7-9,12H,3-6,10H2,(H,19,23)(H,20,22). The predicted octanol–water partition coefficient (Wildman–Crippen LogP) is 0.897. The number of anilines is 1. The van der Waals surface area contributed by atoms with Gasteiger partial charge >= 0.3 is 0 Å². The van der Waals surface area contributed by atoms with Crippen molar-refractivity contribution < 1.29 is 14.3 Å². The number of aromatic nitrogens is 2. The van der Waals surface area contributed by atoms with Crippen LogP contribution in [0.5, 0.6) is 11.5 Å². The molecule has 0 spiro atoms. The van der Waals surface area contributed by atoms with E-state index in [0.29, 0.717) is 17.1 Å². The van der Waals surface area contributed by atoms with Gasteiger partial charge in [0.15, 0.2) is 11.5 Å². The molecule has 2 aromatic rings. The zero-order valence-electron chi connectivity index (χ0n) is 13.5. The lowest BCUT2D eigenvalue weighted by Gasteiger charge is -2.33. The molecular formula is C17H18N4O4. The Morgan fingerprint density at radius 3 is 2.80 bits per heavy atom.